The van der Waals surface area contributed by atoms with E-state index in [0.717, 1.165) is 12.3 Å². The molecule has 0 saturated carbocycles. The van der Waals surface area contributed by atoms with Crippen LogP contribution in [0.15, 0.2) is 12.3 Å². The summed E-state index contributed by atoms with van der Waals surface area (Å²) in [4.78, 5) is 15.9. The molecule has 0 aromatic carbocycles. The minimum absolute atomic E-state index is 0. The van der Waals surface area contributed by atoms with Crippen LogP contribution in [-0.4, -0.2) is 28.7 Å². The van der Waals surface area contributed by atoms with Gasteiger partial charge >= 0.3 is 12.1 Å². The molecule has 0 unspecified atom stereocenters. The first-order chi connectivity index (χ1) is 10.3. The van der Waals surface area contributed by atoms with Crippen molar-refractivity contribution in [2.75, 3.05) is 13.2 Å². The summed E-state index contributed by atoms with van der Waals surface area (Å²) in [6, 6.07) is 0.993. The fourth-order valence-electron chi connectivity index (χ4n) is 2.35. The number of hydrogen-bond acceptors (Lipinski definition) is 4. The molecule has 0 aliphatic rings. The maximum absolute atomic E-state index is 12.8. The molecular formula is C14H17ClF3N3O2. The summed E-state index contributed by atoms with van der Waals surface area (Å²) < 4.78 is 44.9. The Bertz CT molecular complexity index is 713. The standard InChI is InChI=1S/C14H16F3N3O2.ClH/c1-3-22-13(21)11-8(2)10-6-9(14(15,16)17)7-19-12(10)20(11)5-4-18;/h6-7H,3-5,18H2,1-2H3;1H. The molecule has 2 heterocycles. The van der Waals surface area contributed by atoms with E-state index in [1.54, 1.807) is 13.8 Å². The minimum atomic E-state index is -4.49. The van der Waals surface area contributed by atoms with E-state index in [0.29, 0.717) is 11.2 Å². The van der Waals surface area contributed by atoms with Crippen LogP contribution in [-0.2, 0) is 17.5 Å². The molecule has 0 aliphatic carbocycles. The van der Waals surface area contributed by atoms with Gasteiger partial charge in [0.1, 0.15) is 11.3 Å². The molecule has 2 aromatic heterocycles. The second kappa shape index (κ2) is 7.18. The monoisotopic (exact) mass is 351 g/mol. The second-order valence-corrected chi connectivity index (χ2v) is 4.73. The topological polar surface area (TPSA) is 70.1 Å². The van der Waals surface area contributed by atoms with E-state index in [1.807, 2.05) is 0 Å². The number of halogens is 4. The first-order valence-electron chi connectivity index (χ1n) is 6.74. The summed E-state index contributed by atoms with van der Waals surface area (Å²) in [6.45, 7) is 3.88. The predicted molar refractivity (Wildman–Crippen MR) is 81.7 cm³/mol. The van der Waals surface area contributed by atoms with E-state index in [9.17, 15) is 18.0 Å². The molecule has 0 saturated heterocycles. The Morgan fingerprint density at radius 2 is 2.09 bits per heavy atom. The van der Waals surface area contributed by atoms with E-state index in [1.165, 1.54) is 4.57 Å². The van der Waals surface area contributed by atoms with Crippen LogP contribution in [0.5, 0.6) is 0 Å². The van der Waals surface area contributed by atoms with Gasteiger partial charge in [0.2, 0.25) is 0 Å². The molecule has 0 atom stereocenters. The molecule has 2 rings (SSSR count). The predicted octanol–water partition coefficient (Wildman–Crippen LogP) is 2.92. The van der Waals surface area contributed by atoms with Crippen molar-refractivity contribution in [1.29, 1.82) is 0 Å². The molecule has 2 N–H and O–H groups in total. The molecule has 0 amide bonds. The van der Waals surface area contributed by atoms with Gasteiger partial charge in [-0.2, -0.15) is 13.2 Å². The Morgan fingerprint density at radius 3 is 2.61 bits per heavy atom. The van der Waals surface area contributed by atoms with Gasteiger partial charge in [-0.15, -0.1) is 12.4 Å². The summed E-state index contributed by atoms with van der Waals surface area (Å²) in [5.41, 5.74) is 5.55. The van der Waals surface area contributed by atoms with Crippen molar-refractivity contribution in [3.05, 3.63) is 29.1 Å². The van der Waals surface area contributed by atoms with Gasteiger partial charge in [-0.05, 0) is 25.5 Å². The van der Waals surface area contributed by atoms with Crippen LogP contribution in [0.2, 0.25) is 0 Å². The third kappa shape index (κ3) is 3.59. The van der Waals surface area contributed by atoms with E-state index >= 15 is 0 Å². The third-order valence-corrected chi connectivity index (χ3v) is 3.30. The Kier molecular flexibility index (Phi) is 6.01. The number of aryl methyl sites for hydroxylation is 1. The number of nitrogens with two attached hydrogens (primary N) is 1. The number of fused-ring (bicyclic) bond motifs is 1. The second-order valence-electron chi connectivity index (χ2n) is 4.73. The normalized spacial score (nSPS) is 11.4. The number of aromatic nitrogens is 2. The zero-order chi connectivity index (χ0) is 16.5. The van der Waals surface area contributed by atoms with Gasteiger partial charge < -0.3 is 15.0 Å². The number of pyridine rings is 1. The summed E-state index contributed by atoms with van der Waals surface area (Å²) in [7, 11) is 0. The number of nitrogens with zero attached hydrogens (tertiary/aromatic N) is 2. The van der Waals surface area contributed by atoms with Crippen LogP contribution < -0.4 is 5.73 Å². The van der Waals surface area contributed by atoms with E-state index in [2.05, 4.69) is 4.98 Å². The maximum Gasteiger partial charge on any atom is 0.417 e. The molecular weight excluding hydrogens is 335 g/mol. The van der Waals surface area contributed by atoms with Gasteiger partial charge in [0.15, 0.2) is 0 Å². The number of rotatable bonds is 4. The van der Waals surface area contributed by atoms with Gasteiger partial charge in [-0.25, -0.2) is 9.78 Å². The van der Waals surface area contributed by atoms with Gasteiger partial charge in [0, 0.05) is 24.7 Å². The number of hydrogen-bond donors (Lipinski definition) is 1. The van der Waals surface area contributed by atoms with E-state index < -0.39 is 17.7 Å². The molecule has 5 nitrogen and oxygen atoms in total. The molecule has 0 bridgehead atoms. The number of esters is 1. The SMILES string of the molecule is CCOC(=O)c1c(C)c2cc(C(F)(F)F)cnc2n1CCN.Cl. The summed E-state index contributed by atoms with van der Waals surface area (Å²) in [5, 5.41) is 0.270. The summed E-state index contributed by atoms with van der Waals surface area (Å²) in [5.74, 6) is -0.597. The van der Waals surface area contributed by atoms with E-state index in [-0.39, 0.29) is 43.2 Å². The zero-order valence-electron chi connectivity index (χ0n) is 12.6. The smallest absolute Gasteiger partial charge is 0.417 e. The van der Waals surface area contributed by atoms with Gasteiger partial charge in [-0.3, -0.25) is 0 Å². The fraction of sp³-hybridized carbons (Fsp3) is 0.429. The van der Waals surface area contributed by atoms with Crippen molar-refractivity contribution < 1.29 is 22.7 Å². The molecule has 0 spiro atoms. The quantitative estimate of drug-likeness (QED) is 0.860. The van der Waals surface area contributed by atoms with Crippen molar-refractivity contribution >= 4 is 29.4 Å². The molecule has 0 fully saturated rings. The molecule has 9 heteroatoms. The zero-order valence-corrected chi connectivity index (χ0v) is 13.4. The average molecular weight is 352 g/mol. The Hall–Kier alpha value is -1.80. The van der Waals surface area contributed by atoms with Crippen LogP contribution in [0.3, 0.4) is 0 Å². The van der Waals surface area contributed by atoms with Gasteiger partial charge in [0.05, 0.1) is 12.2 Å². The number of carbonyl (C=O) groups is 1. The van der Waals surface area contributed by atoms with Gasteiger partial charge in [-0.1, -0.05) is 0 Å². The third-order valence-electron chi connectivity index (χ3n) is 3.30. The molecule has 0 aliphatic heterocycles. The lowest BCUT2D eigenvalue weighted by Gasteiger charge is -2.09. The van der Waals surface area contributed by atoms with Crippen molar-refractivity contribution in [1.82, 2.24) is 9.55 Å². The highest BCUT2D eigenvalue weighted by Crippen LogP contribution is 2.33. The number of carbonyl (C=O) groups excluding carboxylic acids is 1. The molecule has 23 heavy (non-hydrogen) atoms. The van der Waals surface area contributed by atoms with Crippen LogP contribution in [0.4, 0.5) is 13.2 Å². The highest BCUT2D eigenvalue weighted by Gasteiger charge is 2.32. The van der Waals surface area contributed by atoms with Crippen molar-refractivity contribution in [3.63, 3.8) is 0 Å². The number of alkyl halides is 3. The summed E-state index contributed by atoms with van der Waals surface area (Å²) >= 11 is 0. The highest BCUT2D eigenvalue weighted by molar-refractivity contribution is 5.98. The summed E-state index contributed by atoms with van der Waals surface area (Å²) in [6.07, 6.45) is -3.74. The van der Waals surface area contributed by atoms with Crippen LogP contribution in [0.1, 0.15) is 28.5 Å². The Morgan fingerprint density at radius 1 is 1.43 bits per heavy atom. The molecule has 0 radical (unpaired) electrons. The Balaban J connectivity index is 0.00000264. The van der Waals surface area contributed by atoms with Crippen molar-refractivity contribution in [3.8, 4) is 0 Å². The van der Waals surface area contributed by atoms with Crippen LogP contribution in [0.25, 0.3) is 11.0 Å². The molecule has 128 valence electrons. The average Bonchev–Trinajstić information content (AvgIpc) is 2.71. The van der Waals surface area contributed by atoms with Gasteiger partial charge in [0.25, 0.3) is 0 Å². The highest BCUT2D eigenvalue weighted by atomic mass is 35.5. The van der Waals surface area contributed by atoms with Crippen LogP contribution >= 0.6 is 12.4 Å². The fourth-order valence-corrected chi connectivity index (χ4v) is 2.35. The molecule has 2 aromatic rings. The Labute approximate surface area is 137 Å². The largest absolute Gasteiger partial charge is 0.461 e. The first kappa shape index (κ1) is 19.2. The van der Waals surface area contributed by atoms with Crippen molar-refractivity contribution in [2.24, 2.45) is 5.73 Å². The maximum atomic E-state index is 12.8. The first-order valence-corrected chi connectivity index (χ1v) is 6.74. The minimum Gasteiger partial charge on any atom is -0.461 e. The van der Waals surface area contributed by atoms with Crippen molar-refractivity contribution in [2.45, 2.75) is 26.6 Å². The lowest BCUT2D eigenvalue weighted by molar-refractivity contribution is -0.137. The lowest BCUT2D eigenvalue weighted by atomic mass is 10.1. The van der Waals surface area contributed by atoms with E-state index in [4.69, 9.17) is 10.5 Å². The van der Waals surface area contributed by atoms with Crippen LogP contribution in [0, 0.1) is 6.92 Å². The number of ether oxygens (including phenoxy) is 1. The lowest BCUT2D eigenvalue weighted by Crippen LogP contribution is -2.18.